The van der Waals surface area contributed by atoms with Crippen LogP contribution in [-0.2, 0) is 16.6 Å². The van der Waals surface area contributed by atoms with Crippen LogP contribution in [0.1, 0.15) is 15.9 Å². The predicted molar refractivity (Wildman–Crippen MR) is 70.9 cm³/mol. The lowest BCUT2D eigenvalue weighted by molar-refractivity contribution is 0.0963. The molecule has 7 heteroatoms. The summed E-state index contributed by atoms with van der Waals surface area (Å²) in [5, 5.41) is 2.07. The van der Waals surface area contributed by atoms with E-state index in [-0.39, 0.29) is 12.5 Å². The van der Waals surface area contributed by atoms with Crippen LogP contribution >= 0.6 is 11.6 Å². The van der Waals surface area contributed by atoms with E-state index in [2.05, 4.69) is 5.32 Å². The van der Waals surface area contributed by atoms with E-state index in [0.717, 1.165) is 5.56 Å². The van der Waals surface area contributed by atoms with Gasteiger partial charge in [0.15, 0.2) is 0 Å². The number of hydrogen-bond acceptors (Lipinski definition) is 3. The molecule has 0 saturated carbocycles. The van der Waals surface area contributed by atoms with E-state index in [1.54, 1.807) is 31.3 Å². The largest absolute Gasteiger partial charge is 0.355 e. The monoisotopic (exact) mass is 290 g/mol. The van der Waals surface area contributed by atoms with Crippen LogP contribution in [0.3, 0.4) is 0 Å². The highest BCUT2D eigenvalue weighted by Gasteiger charge is 2.16. The third-order valence-electron chi connectivity index (χ3n) is 2.46. The minimum Gasteiger partial charge on any atom is -0.355 e. The van der Waals surface area contributed by atoms with E-state index in [1.165, 1.54) is 11.4 Å². The quantitative estimate of drug-likeness (QED) is 0.823. The number of sulfonamides is 1. The average molecular weight is 291 g/mol. The third-order valence-corrected chi connectivity index (χ3v) is 4.64. The molecule has 1 aromatic rings. The normalized spacial score (nSPS) is 11.6. The Balaban J connectivity index is 2.79. The van der Waals surface area contributed by atoms with Crippen LogP contribution < -0.4 is 5.32 Å². The van der Waals surface area contributed by atoms with E-state index in [1.807, 2.05) is 0 Å². The maximum absolute atomic E-state index is 11.5. The summed E-state index contributed by atoms with van der Waals surface area (Å²) in [4.78, 5) is 11.3. The first-order chi connectivity index (χ1) is 8.40. The number of amides is 1. The molecule has 1 rings (SSSR count). The summed E-state index contributed by atoms with van der Waals surface area (Å²) in [5.74, 6) is -0.178. The molecule has 0 aliphatic heterocycles. The van der Waals surface area contributed by atoms with Gasteiger partial charge < -0.3 is 5.32 Å². The first-order valence-corrected chi connectivity index (χ1v) is 7.36. The Bertz CT molecular complexity index is 514. The molecule has 0 spiro atoms. The summed E-state index contributed by atoms with van der Waals surface area (Å²) in [7, 11) is -0.393. The Morgan fingerprint density at radius 2 is 1.89 bits per heavy atom. The zero-order valence-electron chi connectivity index (χ0n) is 10.2. The second kappa shape index (κ2) is 6.17. The van der Waals surface area contributed by atoms with Crippen molar-refractivity contribution < 1.29 is 13.2 Å². The smallest absolute Gasteiger partial charge is 0.251 e. The Hall–Kier alpha value is -1.11. The van der Waals surface area contributed by atoms with Crippen molar-refractivity contribution in [3.05, 3.63) is 35.4 Å². The average Bonchev–Trinajstić information content (AvgIpc) is 2.38. The molecule has 0 atom stereocenters. The van der Waals surface area contributed by atoms with Gasteiger partial charge in [-0.25, -0.2) is 8.42 Å². The Morgan fingerprint density at radius 3 is 2.33 bits per heavy atom. The van der Waals surface area contributed by atoms with Crippen molar-refractivity contribution in [2.24, 2.45) is 0 Å². The summed E-state index contributed by atoms with van der Waals surface area (Å²) in [5.41, 5.74) is 1.32. The van der Waals surface area contributed by atoms with Gasteiger partial charge in [-0.1, -0.05) is 12.1 Å². The molecule has 0 radical (unpaired) electrons. The third kappa shape index (κ3) is 3.69. The molecule has 1 aromatic carbocycles. The number of halogens is 1. The zero-order valence-corrected chi connectivity index (χ0v) is 11.8. The number of alkyl halides is 1. The molecule has 1 amide bonds. The minimum absolute atomic E-state index is 0.178. The van der Waals surface area contributed by atoms with E-state index in [0.29, 0.717) is 5.56 Å². The highest BCUT2D eigenvalue weighted by atomic mass is 35.5. The fraction of sp³-hybridized carbons (Fsp3) is 0.364. The zero-order chi connectivity index (χ0) is 13.8. The molecule has 0 saturated heterocycles. The van der Waals surface area contributed by atoms with Crippen LogP contribution in [-0.4, -0.2) is 37.9 Å². The molecule has 0 unspecified atom stereocenters. The molecule has 0 aliphatic carbocycles. The van der Waals surface area contributed by atoms with Crippen molar-refractivity contribution in [3.8, 4) is 0 Å². The molecular formula is C11H15ClN2O3S. The van der Waals surface area contributed by atoms with Gasteiger partial charge in [0.25, 0.3) is 5.91 Å². The topological polar surface area (TPSA) is 66.5 Å². The summed E-state index contributed by atoms with van der Waals surface area (Å²) >= 11 is 5.36. The van der Waals surface area contributed by atoms with Crippen LogP contribution in [0.4, 0.5) is 0 Å². The van der Waals surface area contributed by atoms with Gasteiger partial charge in [-0.3, -0.25) is 4.79 Å². The summed E-state index contributed by atoms with van der Waals surface area (Å²) < 4.78 is 24.1. The first-order valence-electron chi connectivity index (χ1n) is 5.21. The van der Waals surface area contributed by atoms with E-state index < -0.39 is 15.2 Å². The van der Waals surface area contributed by atoms with Crippen LogP contribution in [0, 0.1) is 0 Å². The lowest BCUT2D eigenvalue weighted by atomic mass is 10.1. The maximum Gasteiger partial charge on any atom is 0.251 e. The van der Waals surface area contributed by atoms with Gasteiger partial charge in [-0.15, -0.1) is 11.6 Å². The van der Waals surface area contributed by atoms with Crippen molar-refractivity contribution >= 4 is 27.5 Å². The number of hydrogen-bond donors (Lipinski definition) is 1. The van der Waals surface area contributed by atoms with Gasteiger partial charge in [-0.2, -0.15) is 4.31 Å². The molecule has 0 fully saturated rings. The van der Waals surface area contributed by atoms with E-state index in [4.69, 9.17) is 11.6 Å². The van der Waals surface area contributed by atoms with Gasteiger partial charge in [0.1, 0.15) is 5.21 Å². The van der Waals surface area contributed by atoms with Gasteiger partial charge in [0.2, 0.25) is 10.0 Å². The first kappa shape index (κ1) is 14.9. The summed E-state index contributed by atoms with van der Waals surface area (Å²) in [6.45, 7) is 0.225. The van der Waals surface area contributed by atoms with Gasteiger partial charge in [-0.05, 0) is 17.7 Å². The number of carbonyl (C=O) groups excluding carboxylic acids is 1. The standard InChI is InChI=1S/C11H15ClN2O3S/c1-13-11(15)10-5-3-9(4-6-10)7-14(2)18(16,17)8-12/h3-6H,7-8H2,1-2H3,(H,13,15). The van der Waals surface area contributed by atoms with E-state index >= 15 is 0 Å². The van der Waals surface area contributed by atoms with Crippen molar-refractivity contribution in [2.45, 2.75) is 6.54 Å². The van der Waals surface area contributed by atoms with Gasteiger partial charge in [0.05, 0.1) is 0 Å². The SMILES string of the molecule is CNC(=O)c1ccc(CN(C)S(=O)(=O)CCl)cc1. The number of benzene rings is 1. The van der Waals surface area contributed by atoms with Crippen molar-refractivity contribution in [2.75, 3.05) is 19.3 Å². The highest BCUT2D eigenvalue weighted by Crippen LogP contribution is 2.10. The lowest BCUT2D eigenvalue weighted by Crippen LogP contribution is -2.27. The molecule has 100 valence electrons. The number of rotatable bonds is 5. The second-order valence-electron chi connectivity index (χ2n) is 3.75. The molecular weight excluding hydrogens is 276 g/mol. The van der Waals surface area contributed by atoms with E-state index in [9.17, 15) is 13.2 Å². The Kier molecular flexibility index (Phi) is 5.13. The van der Waals surface area contributed by atoms with Gasteiger partial charge >= 0.3 is 0 Å². The molecule has 18 heavy (non-hydrogen) atoms. The van der Waals surface area contributed by atoms with Crippen LogP contribution in [0.2, 0.25) is 0 Å². The predicted octanol–water partition coefficient (Wildman–Crippen LogP) is 1.00. The molecule has 0 bridgehead atoms. The molecule has 5 nitrogen and oxygen atoms in total. The van der Waals surface area contributed by atoms with Crippen molar-refractivity contribution in [3.63, 3.8) is 0 Å². The van der Waals surface area contributed by atoms with Gasteiger partial charge in [0, 0.05) is 26.2 Å². The number of nitrogens with zero attached hydrogens (tertiary/aromatic N) is 1. The molecule has 0 aromatic heterocycles. The summed E-state index contributed by atoms with van der Waals surface area (Å²) in [6, 6.07) is 6.72. The lowest BCUT2D eigenvalue weighted by Gasteiger charge is -2.15. The second-order valence-corrected chi connectivity index (χ2v) is 6.41. The Morgan fingerprint density at radius 1 is 1.33 bits per heavy atom. The van der Waals surface area contributed by atoms with Crippen LogP contribution in [0.15, 0.2) is 24.3 Å². The van der Waals surface area contributed by atoms with Crippen LogP contribution in [0.25, 0.3) is 0 Å². The minimum atomic E-state index is -3.41. The fourth-order valence-electron chi connectivity index (χ4n) is 1.34. The Labute approximate surface area is 112 Å². The fourth-order valence-corrected chi connectivity index (χ4v) is 2.36. The number of nitrogens with one attached hydrogen (secondary N) is 1. The molecule has 0 heterocycles. The number of carbonyl (C=O) groups is 1. The maximum atomic E-state index is 11.5. The van der Waals surface area contributed by atoms with Crippen molar-refractivity contribution in [1.29, 1.82) is 0 Å². The summed E-state index contributed by atoms with van der Waals surface area (Å²) in [6.07, 6.45) is 0. The molecule has 1 N–H and O–H groups in total. The van der Waals surface area contributed by atoms with Crippen molar-refractivity contribution in [1.82, 2.24) is 9.62 Å². The molecule has 0 aliphatic rings. The highest BCUT2D eigenvalue weighted by molar-refractivity contribution is 7.90. The van der Waals surface area contributed by atoms with Crippen LogP contribution in [0.5, 0.6) is 0 Å².